The standard InChI is InChI=1S/C44H57BrN2O10/c1-6-25-21-44-38(50)33(41(54)57-44)37(49)43(7-2)26(12-10-8-9-11-18-42(44,5)22-28(25)40(52)53)14-15-27-29(43)16-13-23(3)36(27)56-32-20-31(48)34(24(4)55-32)47-39(51)35-30(45)17-19-46-35/h11,14-15,17-19,22-27,29,31-32,34,36,46,48-49H,6-10,12-13,16,20-21H2,1-5H3,(H,47,51)(H,52,53)/b18-11+,37-33+/t23-,24+,25-,26+,27-,29-,31+,32-,34+,36-,42-,43+,44+/m0/s1. The maximum absolute atomic E-state index is 15.1. The summed E-state index contributed by atoms with van der Waals surface area (Å²) in [5.74, 6) is -4.15. The Balaban J connectivity index is 1.22. The molecule has 2 saturated heterocycles. The SMILES string of the molecule is CC[C@H]1C[C@]23OC(=O)/C(=C(/O)[C@]4(CC)[C@@H](C=C[C@@H]5[C@@H](O[C@H]6C[C@@H](O)[C@H](NC(=O)c7[nH]ccc7Br)[C@@H](C)O6)[C@@H](C)CC[C@@H]54)CCCC/C=C/[C@@]2(C)C=C1C(=O)O)C3=O. The molecule has 0 radical (unpaired) electrons. The van der Waals surface area contributed by atoms with E-state index >= 15 is 4.79 Å². The minimum Gasteiger partial charge on any atom is -0.511 e. The highest BCUT2D eigenvalue weighted by molar-refractivity contribution is 9.10. The first kappa shape index (κ1) is 41.6. The maximum atomic E-state index is 15.1. The lowest BCUT2D eigenvalue weighted by atomic mass is 9.50. The fourth-order valence-electron chi connectivity index (χ4n) is 11.3. The number of carboxylic acid groups (broad SMARTS) is 1. The Labute approximate surface area is 342 Å². The van der Waals surface area contributed by atoms with E-state index in [1.165, 1.54) is 0 Å². The number of halogens is 1. The van der Waals surface area contributed by atoms with Gasteiger partial charge in [-0.2, -0.15) is 0 Å². The minimum absolute atomic E-state index is 0.00543. The number of amides is 1. The van der Waals surface area contributed by atoms with Gasteiger partial charge in [0.25, 0.3) is 5.91 Å². The number of carbonyl (C=O) groups excluding carboxylic acids is 3. The van der Waals surface area contributed by atoms with Crippen LogP contribution in [0.5, 0.6) is 0 Å². The van der Waals surface area contributed by atoms with Crippen LogP contribution in [0, 0.1) is 40.4 Å². The molecule has 1 spiro atoms. The molecule has 6 aliphatic rings. The van der Waals surface area contributed by atoms with E-state index in [1.807, 2.05) is 26.0 Å². The average molecular weight is 854 g/mol. The first-order chi connectivity index (χ1) is 27.1. The number of aliphatic carboxylic acids is 1. The van der Waals surface area contributed by atoms with Gasteiger partial charge in [0, 0.05) is 40.4 Å². The fourth-order valence-corrected chi connectivity index (χ4v) is 11.7. The smallest absolute Gasteiger partial charge is 0.346 e. The molecule has 4 aliphatic carbocycles. The molecule has 1 amide bonds. The van der Waals surface area contributed by atoms with Crippen molar-refractivity contribution in [3.63, 3.8) is 0 Å². The number of aliphatic hydroxyl groups excluding tert-OH is 2. The number of hydrogen-bond acceptors (Lipinski definition) is 9. The van der Waals surface area contributed by atoms with E-state index in [4.69, 9.17) is 14.2 Å². The summed E-state index contributed by atoms with van der Waals surface area (Å²) in [6.07, 6.45) is 14.4. The van der Waals surface area contributed by atoms with Gasteiger partial charge in [-0.3, -0.25) is 9.59 Å². The molecule has 5 N–H and O–H groups in total. The van der Waals surface area contributed by atoms with Crippen LogP contribution in [0.1, 0.15) is 109 Å². The second-order valence-corrected chi connectivity index (χ2v) is 18.3. The number of allylic oxidation sites excluding steroid dienone is 3. The molecule has 12 nitrogen and oxygen atoms in total. The van der Waals surface area contributed by atoms with Crippen LogP contribution in [0.3, 0.4) is 0 Å². The number of hydrogen-bond donors (Lipinski definition) is 5. The van der Waals surface area contributed by atoms with Gasteiger partial charge in [0.1, 0.15) is 17.0 Å². The van der Waals surface area contributed by atoms with Crippen molar-refractivity contribution in [2.24, 2.45) is 40.4 Å². The summed E-state index contributed by atoms with van der Waals surface area (Å²) in [6, 6.07) is 1.06. The van der Waals surface area contributed by atoms with E-state index in [0.29, 0.717) is 29.4 Å². The van der Waals surface area contributed by atoms with Crippen molar-refractivity contribution in [1.29, 1.82) is 0 Å². The fraction of sp³-hybridized carbons (Fsp3) is 0.636. The molecule has 13 heteroatoms. The minimum atomic E-state index is -1.70. The molecule has 3 fully saturated rings. The zero-order valence-corrected chi connectivity index (χ0v) is 35.0. The number of nitrogens with one attached hydrogen (secondary N) is 2. The van der Waals surface area contributed by atoms with Gasteiger partial charge in [-0.05, 0) is 104 Å². The predicted octanol–water partition coefficient (Wildman–Crippen LogP) is 7.26. The van der Waals surface area contributed by atoms with Crippen molar-refractivity contribution in [1.82, 2.24) is 10.3 Å². The third kappa shape index (κ3) is 6.87. The largest absolute Gasteiger partial charge is 0.511 e. The summed E-state index contributed by atoms with van der Waals surface area (Å²) in [5, 5.41) is 37.2. The second kappa shape index (κ2) is 15.9. The number of esters is 1. The van der Waals surface area contributed by atoms with Crippen LogP contribution >= 0.6 is 15.9 Å². The zero-order chi connectivity index (χ0) is 41.0. The zero-order valence-electron chi connectivity index (χ0n) is 33.5. The molecule has 57 heavy (non-hydrogen) atoms. The van der Waals surface area contributed by atoms with E-state index in [-0.39, 0.29) is 65.4 Å². The molecule has 1 saturated carbocycles. The lowest BCUT2D eigenvalue weighted by Crippen LogP contribution is -2.58. The number of ether oxygens (including phenoxy) is 3. The Bertz CT molecular complexity index is 1890. The third-order valence-electron chi connectivity index (χ3n) is 14.4. The number of aromatic amines is 1. The Hall–Kier alpha value is -3.52. The Morgan fingerprint density at radius 3 is 2.56 bits per heavy atom. The maximum Gasteiger partial charge on any atom is 0.346 e. The van der Waals surface area contributed by atoms with Crippen molar-refractivity contribution >= 4 is 39.6 Å². The van der Waals surface area contributed by atoms with E-state index in [0.717, 1.165) is 32.1 Å². The average Bonchev–Trinajstić information content (AvgIpc) is 3.71. The number of carbonyl (C=O) groups is 4. The summed E-state index contributed by atoms with van der Waals surface area (Å²) in [4.78, 5) is 57.6. The Kier molecular flexibility index (Phi) is 11.6. The van der Waals surface area contributed by atoms with Gasteiger partial charge in [-0.1, -0.05) is 57.6 Å². The van der Waals surface area contributed by atoms with Crippen LogP contribution in [0.15, 0.2) is 64.0 Å². The molecule has 0 unspecified atom stereocenters. The number of fused-ring (bicyclic) bond motifs is 4. The van der Waals surface area contributed by atoms with Crippen molar-refractivity contribution < 1.29 is 48.7 Å². The summed E-state index contributed by atoms with van der Waals surface area (Å²) >= 11 is 3.37. The van der Waals surface area contributed by atoms with Crippen LogP contribution in [0.2, 0.25) is 0 Å². The molecular weight excluding hydrogens is 796 g/mol. The Morgan fingerprint density at radius 1 is 1.12 bits per heavy atom. The molecule has 1 aromatic rings. The normalized spacial score (nSPS) is 42.5. The molecule has 0 aromatic carbocycles. The number of rotatable bonds is 7. The first-order valence-electron chi connectivity index (χ1n) is 20.8. The molecule has 1 aromatic heterocycles. The third-order valence-corrected chi connectivity index (χ3v) is 15.1. The highest BCUT2D eigenvalue weighted by atomic mass is 79.9. The summed E-state index contributed by atoms with van der Waals surface area (Å²) in [7, 11) is 0. The molecule has 310 valence electrons. The van der Waals surface area contributed by atoms with Crippen molar-refractivity contribution in [2.45, 2.75) is 135 Å². The molecule has 13 atom stereocenters. The number of H-pyrrole nitrogens is 1. The van der Waals surface area contributed by atoms with Gasteiger partial charge in [0.05, 0.1) is 29.8 Å². The van der Waals surface area contributed by atoms with Crippen molar-refractivity contribution in [2.75, 3.05) is 0 Å². The molecule has 2 aliphatic heterocycles. The first-order valence-corrected chi connectivity index (χ1v) is 21.6. The second-order valence-electron chi connectivity index (χ2n) is 17.5. The molecular formula is C44H57BrN2O10. The van der Waals surface area contributed by atoms with Gasteiger partial charge < -0.3 is 39.8 Å². The number of aliphatic hydroxyl groups is 2. The van der Waals surface area contributed by atoms with Crippen LogP contribution in [0.4, 0.5) is 0 Å². The van der Waals surface area contributed by atoms with Crippen LogP contribution in [-0.4, -0.2) is 80.2 Å². The molecule has 2 bridgehead atoms. The van der Waals surface area contributed by atoms with Gasteiger partial charge in [0.15, 0.2) is 11.9 Å². The number of ketones is 1. The highest BCUT2D eigenvalue weighted by Crippen LogP contribution is 2.61. The number of Topliss-reactive ketones (excluding diaryl/α,β-unsaturated/α-hetero) is 1. The van der Waals surface area contributed by atoms with E-state index < -0.39 is 64.6 Å². The van der Waals surface area contributed by atoms with E-state index in [2.05, 4.69) is 45.3 Å². The highest BCUT2D eigenvalue weighted by Gasteiger charge is 2.67. The quantitative estimate of drug-likeness (QED) is 0.106. The van der Waals surface area contributed by atoms with Gasteiger partial charge in [-0.25, -0.2) is 9.59 Å². The van der Waals surface area contributed by atoms with Gasteiger partial charge >= 0.3 is 11.9 Å². The lowest BCUT2D eigenvalue weighted by molar-refractivity contribution is -0.258. The van der Waals surface area contributed by atoms with Crippen molar-refractivity contribution in [3.05, 3.63) is 69.7 Å². The topological polar surface area (TPSA) is 184 Å². The Morgan fingerprint density at radius 2 is 1.89 bits per heavy atom. The van der Waals surface area contributed by atoms with E-state index in [9.17, 15) is 29.7 Å². The van der Waals surface area contributed by atoms with Gasteiger partial charge in [-0.15, -0.1) is 0 Å². The predicted molar refractivity (Wildman–Crippen MR) is 214 cm³/mol. The van der Waals surface area contributed by atoms with Crippen LogP contribution in [-0.2, 0) is 28.6 Å². The molecule has 7 rings (SSSR count). The lowest BCUT2D eigenvalue weighted by Gasteiger charge is -2.55. The van der Waals surface area contributed by atoms with E-state index in [1.54, 1.807) is 32.2 Å². The van der Waals surface area contributed by atoms with Gasteiger partial charge in [0.2, 0.25) is 5.78 Å². The van der Waals surface area contributed by atoms with Crippen molar-refractivity contribution in [3.8, 4) is 0 Å². The summed E-state index contributed by atoms with van der Waals surface area (Å²) in [5.41, 5.74) is -3.71. The van der Waals surface area contributed by atoms with Crippen LogP contribution < -0.4 is 5.32 Å². The molecule has 3 heterocycles. The number of carboxylic acids is 1. The number of aromatic nitrogens is 1. The monoisotopic (exact) mass is 852 g/mol. The summed E-state index contributed by atoms with van der Waals surface area (Å²) in [6.45, 7) is 9.56. The van der Waals surface area contributed by atoms with Crippen LogP contribution in [0.25, 0.3) is 0 Å². The summed E-state index contributed by atoms with van der Waals surface area (Å²) < 4.78 is 20.0.